The Hall–Kier alpha value is -2.10. The first-order chi connectivity index (χ1) is 7.61. The van der Waals surface area contributed by atoms with E-state index in [1.807, 2.05) is 37.2 Å². The Bertz CT molecular complexity index is 599. The van der Waals surface area contributed by atoms with Crippen LogP contribution in [0, 0.1) is 0 Å². The molecule has 1 aromatic heterocycles. The van der Waals surface area contributed by atoms with Crippen molar-refractivity contribution in [2.24, 2.45) is 0 Å². The molecule has 4 heteroatoms. The Morgan fingerprint density at radius 1 is 1.25 bits per heavy atom. The maximum Gasteiger partial charge on any atom is 0.259 e. The van der Waals surface area contributed by atoms with Crippen LogP contribution >= 0.6 is 0 Å². The van der Waals surface area contributed by atoms with E-state index in [0.717, 1.165) is 16.6 Å². The second-order valence-corrected chi connectivity index (χ2v) is 3.84. The maximum absolute atomic E-state index is 11.4. The molecule has 0 aliphatic rings. The summed E-state index contributed by atoms with van der Waals surface area (Å²) >= 11 is 0. The van der Waals surface area contributed by atoms with Gasteiger partial charge in [0.1, 0.15) is 0 Å². The summed E-state index contributed by atoms with van der Waals surface area (Å²) in [7, 11) is 3.86. The monoisotopic (exact) mass is 216 g/mol. The van der Waals surface area contributed by atoms with E-state index in [-0.39, 0.29) is 11.1 Å². The minimum Gasteiger partial charge on any atom is -0.378 e. The van der Waals surface area contributed by atoms with Crippen LogP contribution < -0.4 is 10.5 Å². The SMILES string of the molecule is CN(C)c1ccc2cc(C=O)c(=O)[nH]c2c1. The molecule has 1 aromatic carbocycles. The normalized spacial score (nSPS) is 10.4. The summed E-state index contributed by atoms with van der Waals surface area (Å²) in [6.07, 6.45) is 0.568. The number of nitrogens with one attached hydrogen (secondary N) is 1. The van der Waals surface area contributed by atoms with E-state index in [2.05, 4.69) is 4.98 Å². The molecule has 4 nitrogen and oxygen atoms in total. The average Bonchev–Trinajstić information content (AvgIpc) is 2.27. The number of hydrogen-bond acceptors (Lipinski definition) is 3. The van der Waals surface area contributed by atoms with Crippen molar-refractivity contribution in [2.45, 2.75) is 0 Å². The summed E-state index contributed by atoms with van der Waals surface area (Å²) in [5, 5.41) is 0.854. The number of nitrogens with zero attached hydrogens (tertiary/aromatic N) is 1. The first-order valence-corrected chi connectivity index (χ1v) is 4.91. The molecule has 0 saturated heterocycles. The molecule has 0 spiro atoms. The van der Waals surface area contributed by atoms with Crippen molar-refractivity contribution >= 4 is 22.9 Å². The van der Waals surface area contributed by atoms with Gasteiger partial charge in [-0.3, -0.25) is 9.59 Å². The number of aldehydes is 1. The number of benzene rings is 1. The highest BCUT2D eigenvalue weighted by Gasteiger charge is 2.03. The number of rotatable bonds is 2. The van der Waals surface area contributed by atoms with Crippen LogP contribution in [0.5, 0.6) is 0 Å². The second kappa shape index (κ2) is 3.81. The van der Waals surface area contributed by atoms with Crippen molar-refractivity contribution in [1.29, 1.82) is 0 Å². The van der Waals surface area contributed by atoms with Crippen molar-refractivity contribution in [3.63, 3.8) is 0 Å². The molecule has 0 aliphatic carbocycles. The van der Waals surface area contributed by atoms with Gasteiger partial charge in [-0.05, 0) is 23.6 Å². The molecule has 0 fully saturated rings. The highest BCUT2D eigenvalue weighted by atomic mass is 16.1. The molecule has 2 aromatic rings. The Labute approximate surface area is 92.5 Å². The summed E-state index contributed by atoms with van der Waals surface area (Å²) in [4.78, 5) is 26.7. The molecular weight excluding hydrogens is 204 g/mol. The Morgan fingerprint density at radius 3 is 2.62 bits per heavy atom. The molecule has 1 heterocycles. The molecule has 0 bridgehead atoms. The van der Waals surface area contributed by atoms with Gasteiger partial charge in [-0.15, -0.1) is 0 Å². The number of carbonyl (C=O) groups excluding carboxylic acids is 1. The van der Waals surface area contributed by atoms with E-state index in [0.29, 0.717) is 6.29 Å². The molecule has 0 unspecified atom stereocenters. The van der Waals surface area contributed by atoms with Gasteiger partial charge < -0.3 is 9.88 Å². The molecule has 16 heavy (non-hydrogen) atoms. The summed E-state index contributed by atoms with van der Waals surface area (Å²) in [5.74, 6) is 0. The van der Waals surface area contributed by atoms with Gasteiger partial charge in [-0.1, -0.05) is 6.07 Å². The molecule has 0 atom stereocenters. The van der Waals surface area contributed by atoms with Gasteiger partial charge in [0.2, 0.25) is 0 Å². The number of anilines is 1. The van der Waals surface area contributed by atoms with Gasteiger partial charge in [0, 0.05) is 19.8 Å². The maximum atomic E-state index is 11.4. The Kier molecular flexibility index (Phi) is 2.48. The number of H-pyrrole nitrogens is 1. The number of fused-ring (bicyclic) bond motifs is 1. The summed E-state index contributed by atoms with van der Waals surface area (Å²) in [6, 6.07) is 7.30. The predicted octanol–water partition coefficient (Wildman–Crippen LogP) is 1.41. The van der Waals surface area contributed by atoms with Crippen LogP contribution in [0.4, 0.5) is 5.69 Å². The highest BCUT2D eigenvalue weighted by Crippen LogP contribution is 2.18. The number of aromatic nitrogens is 1. The fourth-order valence-electron chi connectivity index (χ4n) is 1.57. The van der Waals surface area contributed by atoms with E-state index >= 15 is 0 Å². The van der Waals surface area contributed by atoms with Crippen LogP contribution in [0.25, 0.3) is 10.9 Å². The molecule has 82 valence electrons. The lowest BCUT2D eigenvalue weighted by atomic mass is 10.1. The average molecular weight is 216 g/mol. The third-order valence-corrected chi connectivity index (χ3v) is 2.50. The van der Waals surface area contributed by atoms with Crippen molar-refractivity contribution in [3.05, 3.63) is 40.2 Å². The number of carbonyl (C=O) groups is 1. The van der Waals surface area contributed by atoms with Crippen molar-refractivity contribution in [1.82, 2.24) is 4.98 Å². The number of hydrogen-bond donors (Lipinski definition) is 1. The second-order valence-electron chi connectivity index (χ2n) is 3.84. The molecule has 0 amide bonds. The Balaban J connectivity index is 2.71. The van der Waals surface area contributed by atoms with E-state index < -0.39 is 0 Å². The van der Waals surface area contributed by atoms with Gasteiger partial charge in [-0.25, -0.2) is 0 Å². The zero-order valence-electron chi connectivity index (χ0n) is 9.15. The Morgan fingerprint density at radius 2 is 2.00 bits per heavy atom. The highest BCUT2D eigenvalue weighted by molar-refractivity contribution is 5.87. The molecular formula is C12H12N2O2. The van der Waals surface area contributed by atoms with Crippen molar-refractivity contribution < 1.29 is 4.79 Å². The molecule has 2 rings (SSSR count). The van der Waals surface area contributed by atoms with Gasteiger partial charge in [-0.2, -0.15) is 0 Å². The minimum atomic E-state index is -0.349. The lowest BCUT2D eigenvalue weighted by Gasteiger charge is -2.12. The molecule has 0 aliphatic heterocycles. The topological polar surface area (TPSA) is 53.2 Å². The quantitative estimate of drug-likeness (QED) is 0.772. The van der Waals surface area contributed by atoms with Crippen LogP contribution in [0.3, 0.4) is 0 Å². The van der Waals surface area contributed by atoms with Crippen LogP contribution in [0.15, 0.2) is 29.1 Å². The first kappa shape index (κ1) is 10.4. The number of aromatic amines is 1. The fraction of sp³-hybridized carbons (Fsp3) is 0.167. The summed E-state index contributed by atoms with van der Waals surface area (Å²) < 4.78 is 0. The van der Waals surface area contributed by atoms with Crippen molar-refractivity contribution in [2.75, 3.05) is 19.0 Å². The zero-order valence-corrected chi connectivity index (χ0v) is 9.15. The summed E-state index contributed by atoms with van der Waals surface area (Å²) in [6.45, 7) is 0. The standard InChI is InChI=1S/C12H12N2O2/c1-14(2)10-4-3-8-5-9(7-15)12(16)13-11(8)6-10/h3-7H,1-2H3,(H,13,16). The van der Waals surface area contributed by atoms with Crippen LogP contribution in [0.1, 0.15) is 10.4 Å². The van der Waals surface area contributed by atoms with Gasteiger partial charge in [0.25, 0.3) is 5.56 Å². The fourth-order valence-corrected chi connectivity index (χ4v) is 1.57. The molecule has 0 radical (unpaired) electrons. The van der Waals surface area contributed by atoms with E-state index in [4.69, 9.17) is 0 Å². The van der Waals surface area contributed by atoms with Crippen LogP contribution in [-0.2, 0) is 0 Å². The summed E-state index contributed by atoms with van der Waals surface area (Å²) in [5.41, 5.74) is 1.55. The van der Waals surface area contributed by atoms with Gasteiger partial charge >= 0.3 is 0 Å². The predicted molar refractivity (Wildman–Crippen MR) is 64.3 cm³/mol. The van der Waals surface area contributed by atoms with Crippen LogP contribution in [-0.4, -0.2) is 25.4 Å². The minimum absolute atomic E-state index is 0.158. The van der Waals surface area contributed by atoms with Gasteiger partial charge in [0.05, 0.1) is 11.1 Å². The van der Waals surface area contributed by atoms with Crippen LogP contribution in [0.2, 0.25) is 0 Å². The zero-order chi connectivity index (χ0) is 11.7. The first-order valence-electron chi connectivity index (χ1n) is 4.91. The smallest absolute Gasteiger partial charge is 0.259 e. The third kappa shape index (κ3) is 1.69. The van der Waals surface area contributed by atoms with E-state index in [1.54, 1.807) is 6.07 Å². The van der Waals surface area contributed by atoms with Crippen molar-refractivity contribution in [3.8, 4) is 0 Å². The largest absolute Gasteiger partial charge is 0.378 e. The lowest BCUT2D eigenvalue weighted by molar-refractivity contribution is 0.112. The van der Waals surface area contributed by atoms with E-state index in [9.17, 15) is 9.59 Å². The number of pyridine rings is 1. The lowest BCUT2D eigenvalue weighted by Crippen LogP contribution is -2.12. The molecule has 0 saturated carbocycles. The van der Waals surface area contributed by atoms with E-state index in [1.165, 1.54) is 0 Å². The van der Waals surface area contributed by atoms with Gasteiger partial charge in [0.15, 0.2) is 6.29 Å². The third-order valence-electron chi connectivity index (χ3n) is 2.50. The molecule has 1 N–H and O–H groups in total.